The Bertz CT molecular complexity index is 1350. The molecule has 1 aliphatic heterocycles. The highest BCUT2D eigenvalue weighted by Gasteiger charge is 2.20. The normalized spacial score (nSPS) is 14.0. The van der Waals surface area contributed by atoms with Gasteiger partial charge in [-0.3, -0.25) is 9.78 Å². The van der Waals surface area contributed by atoms with Crippen molar-refractivity contribution >= 4 is 22.5 Å². The van der Waals surface area contributed by atoms with Crippen molar-refractivity contribution in [3.8, 4) is 6.07 Å². The van der Waals surface area contributed by atoms with Crippen molar-refractivity contribution in [3.05, 3.63) is 107 Å². The molecule has 1 saturated heterocycles. The number of benzene rings is 3. The predicted octanol–water partition coefficient (Wildman–Crippen LogP) is 5.74. The van der Waals surface area contributed by atoms with E-state index in [0.29, 0.717) is 11.1 Å². The smallest absolute Gasteiger partial charge is 0.253 e. The van der Waals surface area contributed by atoms with Gasteiger partial charge in [0.25, 0.3) is 5.91 Å². The molecule has 0 saturated carbocycles. The van der Waals surface area contributed by atoms with Gasteiger partial charge < -0.3 is 10.2 Å². The second kappa shape index (κ2) is 9.76. The van der Waals surface area contributed by atoms with Crippen LogP contribution in [0.4, 0.5) is 5.69 Å². The highest BCUT2D eigenvalue weighted by atomic mass is 16.2. The highest BCUT2D eigenvalue weighted by Crippen LogP contribution is 2.29. The van der Waals surface area contributed by atoms with E-state index in [1.165, 1.54) is 5.56 Å². The molecule has 0 spiro atoms. The minimum Gasteiger partial charge on any atom is -0.377 e. The predicted molar refractivity (Wildman–Crippen MR) is 135 cm³/mol. The molecule has 1 unspecified atom stereocenters. The van der Waals surface area contributed by atoms with E-state index in [1.807, 2.05) is 65.6 Å². The molecule has 1 N–H and O–H groups in total. The van der Waals surface area contributed by atoms with E-state index in [1.54, 1.807) is 6.20 Å². The zero-order valence-corrected chi connectivity index (χ0v) is 18.9. The third-order valence-electron chi connectivity index (χ3n) is 6.41. The summed E-state index contributed by atoms with van der Waals surface area (Å²) < 4.78 is 0. The summed E-state index contributed by atoms with van der Waals surface area (Å²) in [7, 11) is 0. The van der Waals surface area contributed by atoms with Crippen LogP contribution in [0.3, 0.4) is 0 Å². The maximum absolute atomic E-state index is 12.9. The number of nitriles is 1. The van der Waals surface area contributed by atoms with Crippen molar-refractivity contribution < 1.29 is 4.79 Å². The molecule has 5 heteroatoms. The Kier molecular flexibility index (Phi) is 6.22. The zero-order chi connectivity index (χ0) is 23.3. The molecule has 0 radical (unpaired) electrons. The van der Waals surface area contributed by atoms with E-state index in [-0.39, 0.29) is 11.9 Å². The monoisotopic (exact) mass is 446 g/mol. The molecular weight excluding hydrogens is 420 g/mol. The SMILES string of the molecule is N#Cc1cccc(C(Cc2ccccc2)Nc2ccnc3cc(C(=O)N4CCCC4)ccc23)c1. The van der Waals surface area contributed by atoms with Gasteiger partial charge >= 0.3 is 0 Å². The van der Waals surface area contributed by atoms with Crippen molar-refractivity contribution in [2.45, 2.75) is 25.3 Å². The average Bonchev–Trinajstić information content (AvgIpc) is 3.43. The molecule has 4 aromatic rings. The number of rotatable bonds is 6. The van der Waals surface area contributed by atoms with Gasteiger partial charge in [-0.15, -0.1) is 0 Å². The van der Waals surface area contributed by atoms with Gasteiger partial charge in [0.1, 0.15) is 0 Å². The van der Waals surface area contributed by atoms with Crippen LogP contribution in [0.2, 0.25) is 0 Å². The molecule has 2 heterocycles. The number of nitrogens with zero attached hydrogens (tertiary/aromatic N) is 3. The van der Waals surface area contributed by atoms with E-state index in [0.717, 1.165) is 54.5 Å². The van der Waals surface area contributed by atoms with Crippen molar-refractivity contribution in [3.63, 3.8) is 0 Å². The Balaban J connectivity index is 1.48. The largest absolute Gasteiger partial charge is 0.377 e. The van der Waals surface area contributed by atoms with Crippen LogP contribution in [0, 0.1) is 11.3 Å². The van der Waals surface area contributed by atoms with Crippen LogP contribution in [0.25, 0.3) is 10.9 Å². The second-order valence-electron chi connectivity index (χ2n) is 8.71. The number of aromatic nitrogens is 1. The number of nitrogens with one attached hydrogen (secondary N) is 1. The lowest BCUT2D eigenvalue weighted by Gasteiger charge is -2.22. The van der Waals surface area contributed by atoms with Crippen molar-refractivity contribution in [2.75, 3.05) is 18.4 Å². The Hall–Kier alpha value is -4.17. The summed E-state index contributed by atoms with van der Waals surface area (Å²) in [6, 6.07) is 28.0. The lowest BCUT2D eigenvalue weighted by molar-refractivity contribution is 0.0793. The Morgan fingerprint density at radius 2 is 1.82 bits per heavy atom. The number of amides is 1. The van der Waals surface area contributed by atoms with E-state index in [9.17, 15) is 10.1 Å². The molecule has 1 atom stereocenters. The number of likely N-dealkylation sites (tertiary alicyclic amines) is 1. The summed E-state index contributed by atoms with van der Waals surface area (Å²) in [5, 5.41) is 14.1. The molecule has 1 aromatic heterocycles. The zero-order valence-electron chi connectivity index (χ0n) is 18.9. The number of hydrogen-bond acceptors (Lipinski definition) is 4. The summed E-state index contributed by atoms with van der Waals surface area (Å²) in [5.41, 5.74) is 5.32. The summed E-state index contributed by atoms with van der Waals surface area (Å²) in [6.45, 7) is 1.66. The number of pyridine rings is 1. The first-order chi connectivity index (χ1) is 16.7. The molecule has 0 bridgehead atoms. The molecule has 5 nitrogen and oxygen atoms in total. The standard InChI is InChI=1S/C29H26N4O/c30-20-22-9-6-10-23(17-22)27(18-21-7-2-1-3-8-21)32-26-13-14-31-28-19-24(11-12-25(26)28)29(34)33-15-4-5-16-33/h1-3,6-14,17,19,27H,4-5,15-16,18H2,(H,31,32). The van der Waals surface area contributed by atoms with Crippen LogP contribution in [-0.4, -0.2) is 28.9 Å². The summed E-state index contributed by atoms with van der Waals surface area (Å²) >= 11 is 0. The van der Waals surface area contributed by atoms with Crippen LogP contribution in [0.15, 0.2) is 85.1 Å². The lowest BCUT2D eigenvalue weighted by atomic mass is 9.97. The first kappa shape index (κ1) is 21.7. The molecule has 0 aliphatic carbocycles. The lowest BCUT2D eigenvalue weighted by Crippen LogP contribution is -2.27. The minimum absolute atomic E-state index is 0.0350. The Morgan fingerprint density at radius 3 is 2.62 bits per heavy atom. The van der Waals surface area contributed by atoms with Crippen LogP contribution >= 0.6 is 0 Å². The van der Waals surface area contributed by atoms with Gasteiger partial charge in [-0.2, -0.15) is 5.26 Å². The quantitative estimate of drug-likeness (QED) is 0.410. The fourth-order valence-corrected chi connectivity index (χ4v) is 4.62. The number of hydrogen-bond donors (Lipinski definition) is 1. The minimum atomic E-state index is -0.0350. The van der Waals surface area contributed by atoms with Gasteiger partial charge in [-0.25, -0.2) is 0 Å². The van der Waals surface area contributed by atoms with E-state index < -0.39 is 0 Å². The second-order valence-corrected chi connectivity index (χ2v) is 8.71. The van der Waals surface area contributed by atoms with Crippen LogP contribution in [-0.2, 0) is 6.42 Å². The van der Waals surface area contributed by atoms with Crippen molar-refractivity contribution in [1.82, 2.24) is 9.88 Å². The van der Waals surface area contributed by atoms with Gasteiger partial charge in [-0.05, 0) is 66.8 Å². The van der Waals surface area contributed by atoms with E-state index in [2.05, 4.69) is 34.6 Å². The molecular formula is C29H26N4O. The van der Waals surface area contributed by atoms with Crippen molar-refractivity contribution in [2.24, 2.45) is 0 Å². The van der Waals surface area contributed by atoms with E-state index in [4.69, 9.17) is 0 Å². The third kappa shape index (κ3) is 4.62. The summed E-state index contributed by atoms with van der Waals surface area (Å²) in [5.74, 6) is 0.0786. The molecule has 3 aromatic carbocycles. The van der Waals surface area contributed by atoms with Crippen molar-refractivity contribution in [1.29, 1.82) is 5.26 Å². The number of carbonyl (C=O) groups excluding carboxylic acids is 1. The third-order valence-corrected chi connectivity index (χ3v) is 6.41. The maximum Gasteiger partial charge on any atom is 0.253 e. The molecule has 168 valence electrons. The highest BCUT2D eigenvalue weighted by molar-refractivity contribution is 6.00. The molecule has 1 amide bonds. The maximum atomic E-state index is 12.9. The van der Waals surface area contributed by atoms with Gasteiger partial charge in [0.05, 0.1) is 23.2 Å². The van der Waals surface area contributed by atoms with Gasteiger partial charge in [0.15, 0.2) is 0 Å². The number of carbonyl (C=O) groups is 1. The van der Waals surface area contributed by atoms with Gasteiger partial charge in [-0.1, -0.05) is 42.5 Å². The molecule has 5 rings (SSSR count). The molecule has 1 aliphatic rings. The Labute approximate surface area is 199 Å². The average molecular weight is 447 g/mol. The number of anilines is 1. The number of fused-ring (bicyclic) bond motifs is 1. The van der Waals surface area contributed by atoms with Gasteiger partial charge in [0.2, 0.25) is 0 Å². The first-order valence-electron chi connectivity index (χ1n) is 11.7. The van der Waals surface area contributed by atoms with Gasteiger partial charge in [0, 0.05) is 35.9 Å². The fourth-order valence-electron chi connectivity index (χ4n) is 4.62. The Morgan fingerprint density at radius 1 is 1.00 bits per heavy atom. The molecule has 1 fully saturated rings. The fraction of sp³-hybridized carbons (Fsp3) is 0.207. The first-order valence-corrected chi connectivity index (χ1v) is 11.7. The van der Waals surface area contributed by atoms with Crippen LogP contribution in [0.1, 0.15) is 45.9 Å². The van der Waals surface area contributed by atoms with Crippen LogP contribution < -0.4 is 5.32 Å². The van der Waals surface area contributed by atoms with Crippen LogP contribution in [0.5, 0.6) is 0 Å². The topological polar surface area (TPSA) is 69.0 Å². The summed E-state index contributed by atoms with van der Waals surface area (Å²) in [4.78, 5) is 19.3. The van der Waals surface area contributed by atoms with E-state index >= 15 is 0 Å². The molecule has 34 heavy (non-hydrogen) atoms. The summed E-state index contributed by atoms with van der Waals surface area (Å²) in [6.07, 6.45) is 4.69.